The second kappa shape index (κ2) is 75.6. The van der Waals surface area contributed by atoms with E-state index >= 15 is 0 Å². The normalized spacial score (nSPS) is 15.3. The van der Waals surface area contributed by atoms with Crippen LogP contribution in [0.5, 0.6) is 0 Å². The molecule has 0 N–H and O–H groups in total. The molecule has 0 aromatic rings. The first kappa shape index (κ1) is 143. The lowest BCUT2D eigenvalue weighted by atomic mass is 9.80. The fourth-order valence-corrected chi connectivity index (χ4v) is 12.7. The number of hydrogen-bond donors (Lipinski definition) is 0. The number of likely N-dealkylation sites (N-methyl/N-ethyl adjacent to an activating group) is 3. The molecule has 1 atom stereocenters. The van der Waals surface area contributed by atoms with Gasteiger partial charge in [-0.3, -0.25) is 43.2 Å². The first-order valence-electron chi connectivity index (χ1n) is 52.4. The molecule has 0 radical (unpaired) electrons. The summed E-state index contributed by atoms with van der Waals surface area (Å²) in [4.78, 5) is 124. The Morgan fingerprint density at radius 3 is 1.05 bits per heavy atom. The monoisotopic (exact) mass is 1960 g/mol. The molecular formula is C110H223N9O18. The van der Waals surface area contributed by atoms with Gasteiger partial charge in [0.15, 0.2) is 0 Å². The molecule has 0 amide bonds. The lowest BCUT2D eigenvalue weighted by molar-refractivity contribution is -0.169. The highest BCUT2D eigenvalue weighted by Gasteiger charge is 2.40. The quantitative estimate of drug-likeness (QED) is 0.0312. The van der Waals surface area contributed by atoms with Crippen LogP contribution >= 0.6 is 0 Å². The van der Waals surface area contributed by atoms with E-state index in [1.165, 1.54) is 19.4 Å². The first-order valence-corrected chi connectivity index (χ1v) is 52.4. The molecule has 3 aliphatic heterocycles. The van der Waals surface area contributed by atoms with Gasteiger partial charge in [-0.15, -0.1) is 0 Å². The number of esters is 9. The van der Waals surface area contributed by atoms with Crippen molar-refractivity contribution in [2.24, 2.45) is 55.2 Å². The minimum Gasteiger partial charge on any atom is -0.466 e. The largest absolute Gasteiger partial charge is 0.466 e. The summed E-state index contributed by atoms with van der Waals surface area (Å²) in [7, 11) is 14.1. The van der Waals surface area contributed by atoms with Gasteiger partial charge >= 0.3 is 53.7 Å². The lowest BCUT2D eigenvalue weighted by Gasteiger charge is -2.37. The maximum absolute atomic E-state index is 12.0. The Hall–Kier alpha value is -5.13. The summed E-state index contributed by atoms with van der Waals surface area (Å²) in [5, 5.41) is 0. The van der Waals surface area contributed by atoms with Crippen molar-refractivity contribution in [2.75, 3.05) is 220 Å². The second-order valence-corrected chi connectivity index (χ2v) is 48.8. The van der Waals surface area contributed by atoms with Crippen molar-refractivity contribution in [1.29, 1.82) is 0 Å². The highest BCUT2D eigenvalue weighted by atomic mass is 16.6. The van der Waals surface area contributed by atoms with Crippen LogP contribution in [0.15, 0.2) is 0 Å². The van der Waals surface area contributed by atoms with E-state index in [2.05, 4.69) is 178 Å². The fraction of sp³-hybridized carbons (Fsp3) is 0.918. The second-order valence-electron chi connectivity index (χ2n) is 48.8. The smallest absolute Gasteiger partial charge is 0.312 e. The van der Waals surface area contributed by atoms with E-state index in [9.17, 15) is 43.2 Å². The van der Waals surface area contributed by atoms with Gasteiger partial charge in [0.25, 0.3) is 0 Å². The number of ether oxygens (including phenoxy) is 9. The lowest BCUT2D eigenvalue weighted by Crippen LogP contribution is -2.43. The van der Waals surface area contributed by atoms with E-state index in [4.69, 9.17) is 42.6 Å². The molecule has 0 saturated carbocycles. The van der Waals surface area contributed by atoms with Crippen molar-refractivity contribution >= 4 is 53.7 Å². The van der Waals surface area contributed by atoms with Crippen LogP contribution in [-0.2, 0) is 85.8 Å². The van der Waals surface area contributed by atoms with Gasteiger partial charge in [0.2, 0.25) is 0 Å². The number of likely N-dealkylation sites (tertiary alicyclic amines) is 3. The Labute approximate surface area is 843 Å². The number of rotatable bonds is 42. The van der Waals surface area contributed by atoms with Crippen molar-refractivity contribution in [3.8, 4) is 0 Å². The number of hydrogen-bond acceptors (Lipinski definition) is 27. The van der Waals surface area contributed by atoms with E-state index in [-0.39, 0.29) is 114 Å². The Kier molecular flexibility index (Phi) is 78.7. The highest BCUT2D eigenvalue weighted by molar-refractivity contribution is 5.77. The third-order valence-corrected chi connectivity index (χ3v) is 22.3. The number of carbonyl (C=O) groups excluding carboxylic acids is 9. The highest BCUT2D eigenvalue weighted by Crippen LogP contribution is 2.34. The predicted molar refractivity (Wildman–Crippen MR) is 568 cm³/mol. The Balaban J connectivity index is -0.000000352. The molecule has 0 bridgehead atoms. The van der Waals surface area contributed by atoms with Gasteiger partial charge in [0.05, 0.1) is 62.4 Å². The Bertz CT molecular complexity index is 3080. The summed E-state index contributed by atoms with van der Waals surface area (Å²) in [6.45, 7) is 98.8. The number of nitrogens with zero attached hydrogens (tertiary/aromatic N) is 9. The minimum absolute atomic E-state index is 0.0177. The summed E-state index contributed by atoms with van der Waals surface area (Å²) in [5.41, 5.74) is -0.682. The summed E-state index contributed by atoms with van der Waals surface area (Å²) < 4.78 is 47.1. The van der Waals surface area contributed by atoms with Crippen molar-refractivity contribution < 1.29 is 85.8 Å². The maximum Gasteiger partial charge on any atom is 0.312 e. The van der Waals surface area contributed by atoms with Crippen LogP contribution in [0.1, 0.15) is 372 Å². The van der Waals surface area contributed by atoms with Crippen molar-refractivity contribution in [2.45, 2.75) is 389 Å². The van der Waals surface area contributed by atoms with Gasteiger partial charge in [-0.05, 0) is 320 Å². The molecule has 3 aliphatic rings. The van der Waals surface area contributed by atoms with Crippen LogP contribution in [0.25, 0.3) is 0 Å². The van der Waals surface area contributed by atoms with Gasteiger partial charge in [0.1, 0.15) is 31.0 Å². The molecule has 0 spiro atoms. The maximum atomic E-state index is 12.0. The zero-order chi connectivity index (χ0) is 108. The summed E-state index contributed by atoms with van der Waals surface area (Å²) in [5.74, 6) is 0.0255. The molecular weight excluding hydrogens is 1740 g/mol. The number of carbonyl (C=O) groups is 9. The van der Waals surface area contributed by atoms with Gasteiger partial charge < -0.3 is 86.7 Å². The first-order chi connectivity index (χ1) is 62.5. The van der Waals surface area contributed by atoms with Crippen molar-refractivity contribution in [3.63, 3.8) is 0 Å². The van der Waals surface area contributed by atoms with E-state index in [0.717, 1.165) is 182 Å². The van der Waals surface area contributed by atoms with Crippen LogP contribution in [0.2, 0.25) is 0 Å². The third kappa shape index (κ3) is 99.4. The van der Waals surface area contributed by atoms with Gasteiger partial charge in [0, 0.05) is 77.0 Å². The molecule has 137 heavy (non-hydrogen) atoms. The third-order valence-electron chi connectivity index (χ3n) is 22.3. The topological polar surface area (TPSA) is 266 Å². The Morgan fingerprint density at radius 2 is 0.723 bits per heavy atom. The average molecular weight is 1960 g/mol. The molecule has 0 aromatic carbocycles. The van der Waals surface area contributed by atoms with Crippen LogP contribution in [0.4, 0.5) is 0 Å². The van der Waals surface area contributed by atoms with E-state index < -0.39 is 0 Å². The van der Waals surface area contributed by atoms with Gasteiger partial charge in [-0.1, -0.05) is 173 Å². The van der Waals surface area contributed by atoms with E-state index in [0.29, 0.717) is 96.7 Å². The van der Waals surface area contributed by atoms with Gasteiger partial charge in [-0.25, -0.2) is 0 Å². The minimum atomic E-state index is -0.376. The van der Waals surface area contributed by atoms with Crippen molar-refractivity contribution in [3.05, 3.63) is 0 Å². The van der Waals surface area contributed by atoms with E-state index in [1.807, 2.05) is 172 Å². The summed E-state index contributed by atoms with van der Waals surface area (Å²) in [6.07, 6.45) is 14.6. The SMILES string of the molecule is CC(C)N1CCC(C(=O)OC(C)(C)C)CC1.CCN(C)CCCOC(=O)CC(C)(C)C.CCN(C)CCOC(=O)CCC(C)(C)C.CCN(CC)CCCOC(=O)CC(C)(C)C.CCN(CC)CCOC(=O)CCC(C)(C)C.CCN1CCCC(COC(=O)C(C)(C)C)C1.CN(C)CCCOC(=O)CC(C)(C)C.CN(C)CCOC(=O)CCC(C)(C)C.CN1CCC(C)(C(=O)OC(C)(C)C)CC1. The zero-order valence-corrected chi connectivity index (χ0v) is 97.7. The van der Waals surface area contributed by atoms with Gasteiger partial charge in [-0.2, -0.15) is 0 Å². The fourth-order valence-electron chi connectivity index (χ4n) is 12.7. The summed E-state index contributed by atoms with van der Waals surface area (Å²) >= 11 is 0. The molecule has 3 rings (SSSR count). The van der Waals surface area contributed by atoms with Crippen LogP contribution in [0, 0.1) is 55.2 Å². The van der Waals surface area contributed by atoms with E-state index in [1.54, 1.807) is 0 Å². The predicted octanol–water partition coefficient (Wildman–Crippen LogP) is 20.7. The molecule has 27 nitrogen and oxygen atoms in total. The molecule has 3 heterocycles. The average Bonchev–Trinajstić information content (AvgIpc) is 0.821. The van der Waals surface area contributed by atoms with Crippen LogP contribution < -0.4 is 0 Å². The number of piperidine rings is 3. The molecule has 3 fully saturated rings. The molecule has 816 valence electrons. The Morgan fingerprint density at radius 1 is 0.380 bits per heavy atom. The zero-order valence-electron chi connectivity index (χ0n) is 97.7. The van der Waals surface area contributed by atoms with Crippen LogP contribution in [0.3, 0.4) is 0 Å². The van der Waals surface area contributed by atoms with Crippen LogP contribution in [-0.4, -0.2) is 335 Å². The molecule has 3 saturated heterocycles. The molecule has 0 aliphatic carbocycles. The summed E-state index contributed by atoms with van der Waals surface area (Å²) in [6, 6.07) is 0.583. The molecule has 27 heteroatoms. The van der Waals surface area contributed by atoms with Crippen molar-refractivity contribution in [1.82, 2.24) is 44.1 Å². The molecule has 1 unspecified atom stereocenters. The molecule has 0 aromatic heterocycles. The standard InChI is InChI=1S/2C13H25NO2.2C13H27NO2.C12H23NO2.2C12H25NO2.2C11H23NO2/c1-10(2)14-8-6-11(7-9-14)12(15)16-13(3,4)5;1-5-14-8-6-7-11(9-14)10-16-12(15)13(2,3)4;1-6-14(7-2)10-11-16-12(15)8-9-13(3,4)5;1-6-14(7-2)9-8-10-16-12(15)11-13(3,4)5;1-11(2,3)15-10(14)12(4)6-8-13(5)9-7-12;1-6-13(5)9-10-15-11(14)7-8-12(2,3)4;1-6-13(5)8-7-9-15-11(14)10-12(2,3)4;1-11(2,3)7-6-10(13)14-9-8-12(4)5;1-11(2,3)9-10(13)14-8-6-7-12(4)5/h10-11H,6-9H2,1-5H3;11H,5-10H2,1-4H3;2*6-11H2,1-5H3;6-9H2,1-5H3;2*6-10H2,1-5H3;2*6-9H2,1-5H3.